The summed E-state index contributed by atoms with van der Waals surface area (Å²) in [5.74, 6) is -0.908. The number of carboxylic acid groups (broad SMARTS) is 1. The van der Waals surface area contributed by atoms with Gasteiger partial charge in [0.25, 0.3) is 0 Å². The molecule has 0 aromatic rings. The number of aliphatic carboxylic acids is 1. The molecule has 0 aromatic heterocycles. The van der Waals surface area contributed by atoms with E-state index in [-0.39, 0.29) is 5.41 Å². The fraction of sp³-hybridized carbons (Fsp3) is 0.846. The molecule has 0 aromatic carbocycles. The van der Waals surface area contributed by atoms with E-state index in [4.69, 9.17) is 4.74 Å². The lowest BCUT2D eigenvalue weighted by Crippen LogP contribution is -2.54. The minimum absolute atomic E-state index is 0.0741. The first-order valence-corrected chi connectivity index (χ1v) is 6.32. The van der Waals surface area contributed by atoms with Gasteiger partial charge in [-0.1, -0.05) is 6.92 Å². The lowest BCUT2D eigenvalue weighted by atomic mass is 9.90. The topological polar surface area (TPSA) is 66.8 Å². The van der Waals surface area contributed by atoms with Crippen LogP contribution in [0.5, 0.6) is 0 Å². The second-order valence-corrected chi connectivity index (χ2v) is 6.89. The number of amides is 1. The minimum Gasteiger partial charge on any atom is -0.479 e. The van der Waals surface area contributed by atoms with Crippen LogP contribution in [0.15, 0.2) is 0 Å². The number of carboxylic acids is 1. The van der Waals surface area contributed by atoms with Crippen molar-refractivity contribution in [1.82, 2.24) is 4.90 Å². The highest BCUT2D eigenvalue weighted by Gasteiger charge is 2.63. The van der Waals surface area contributed by atoms with E-state index in [9.17, 15) is 14.7 Å². The second kappa shape index (κ2) is 3.62. The molecule has 1 saturated heterocycles. The third-order valence-corrected chi connectivity index (χ3v) is 3.93. The molecular formula is C13H21NO4. The molecule has 2 atom stereocenters. The number of ether oxygens (including phenoxy) is 1. The van der Waals surface area contributed by atoms with Gasteiger partial charge in [0.2, 0.25) is 0 Å². The van der Waals surface area contributed by atoms with E-state index in [0.717, 1.165) is 6.42 Å². The van der Waals surface area contributed by atoms with Crippen molar-refractivity contribution in [3.05, 3.63) is 0 Å². The SMILES string of the molecule is CC12CCC(C(=O)O)(C1)N(C(=O)OC(C)(C)C)C2. The molecule has 5 heteroatoms. The first-order valence-electron chi connectivity index (χ1n) is 6.32. The van der Waals surface area contributed by atoms with Crippen LogP contribution in [0.1, 0.15) is 47.0 Å². The number of hydrogen-bond donors (Lipinski definition) is 1. The van der Waals surface area contributed by atoms with Crippen LogP contribution in [-0.4, -0.2) is 39.8 Å². The normalized spacial score (nSPS) is 34.8. The van der Waals surface area contributed by atoms with Crippen molar-refractivity contribution in [2.45, 2.75) is 58.1 Å². The van der Waals surface area contributed by atoms with Gasteiger partial charge in [-0.25, -0.2) is 9.59 Å². The summed E-state index contributed by atoms with van der Waals surface area (Å²) in [7, 11) is 0. The van der Waals surface area contributed by atoms with E-state index >= 15 is 0 Å². The molecule has 0 radical (unpaired) electrons. The van der Waals surface area contributed by atoms with Crippen molar-refractivity contribution in [3.63, 3.8) is 0 Å². The molecule has 18 heavy (non-hydrogen) atoms. The average Bonchev–Trinajstić information content (AvgIpc) is 2.66. The second-order valence-electron chi connectivity index (χ2n) is 6.89. The Bertz CT molecular complexity index is 400. The van der Waals surface area contributed by atoms with Crippen LogP contribution < -0.4 is 0 Å². The molecule has 2 rings (SSSR count). The quantitative estimate of drug-likeness (QED) is 0.780. The molecule has 2 fully saturated rings. The van der Waals surface area contributed by atoms with Crippen molar-refractivity contribution >= 4 is 12.1 Å². The van der Waals surface area contributed by atoms with Gasteiger partial charge >= 0.3 is 12.1 Å². The van der Waals surface area contributed by atoms with Gasteiger partial charge in [0, 0.05) is 6.54 Å². The van der Waals surface area contributed by atoms with Gasteiger partial charge in [-0.2, -0.15) is 0 Å². The lowest BCUT2D eigenvalue weighted by Gasteiger charge is -2.37. The molecule has 1 saturated carbocycles. The Morgan fingerprint density at radius 3 is 2.33 bits per heavy atom. The summed E-state index contributed by atoms with van der Waals surface area (Å²) < 4.78 is 5.32. The van der Waals surface area contributed by atoms with E-state index in [1.54, 1.807) is 20.8 Å². The summed E-state index contributed by atoms with van der Waals surface area (Å²) in [6.45, 7) is 7.88. The summed E-state index contributed by atoms with van der Waals surface area (Å²) >= 11 is 0. The van der Waals surface area contributed by atoms with Gasteiger partial charge in [-0.3, -0.25) is 4.90 Å². The monoisotopic (exact) mass is 255 g/mol. The van der Waals surface area contributed by atoms with Crippen LogP contribution in [0.3, 0.4) is 0 Å². The third-order valence-electron chi connectivity index (χ3n) is 3.93. The number of likely N-dealkylation sites (tertiary alicyclic amines) is 1. The minimum atomic E-state index is -1.04. The molecule has 0 spiro atoms. The fourth-order valence-electron chi connectivity index (χ4n) is 3.14. The van der Waals surface area contributed by atoms with Crippen LogP contribution in [0.4, 0.5) is 4.79 Å². The van der Waals surface area contributed by atoms with Gasteiger partial charge in [-0.05, 0) is 45.4 Å². The highest BCUT2D eigenvalue weighted by molar-refractivity contribution is 5.86. The highest BCUT2D eigenvalue weighted by Crippen LogP contribution is 2.54. The third kappa shape index (κ3) is 1.95. The summed E-state index contributed by atoms with van der Waals surface area (Å²) in [5.41, 5.74) is -1.72. The molecular weight excluding hydrogens is 234 g/mol. The number of rotatable bonds is 1. The van der Waals surface area contributed by atoms with Crippen LogP contribution in [0.25, 0.3) is 0 Å². The van der Waals surface area contributed by atoms with Gasteiger partial charge in [-0.15, -0.1) is 0 Å². The molecule has 1 heterocycles. The largest absolute Gasteiger partial charge is 0.479 e. The smallest absolute Gasteiger partial charge is 0.411 e. The molecule has 2 aliphatic rings. The molecule has 1 amide bonds. The Balaban J connectivity index is 2.24. The van der Waals surface area contributed by atoms with E-state index in [2.05, 4.69) is 0 Å². The van der Waals surface area contributed by atoms with Crippen LogP contribution in [0.2, 0.25) is 0 Å². The number of fused-ring (bicyclic) bond motifs is 2. The summed E-state index contributed by atoms with van der Waals surface area (Å²) in [5, 5.41) is 9.47. The summed E-state index contributed by atoms with van der Waals surface area (Å²) in [6, 6.07) is 0. The van der Waals surface area contributed by atoms with Crippen molar-refractivity contribution in [1.29, 1.82) is 0 Å². The summed E-state index contributed by atoms with van der Waals surface area (Å²) in [6.07, 6.45) is 1.42. The Labute approximate surface area is 107 Å². The standard InChI is InChI=1S/C13H21NO4/c1-11(2,3)18-10(17)14-8-12(4)5-6-13(14,7-12)9(15)16/h5-8H2,1-4H3,(H,15,16). The van der Waals surface area contributed by atoms with E-state index in [0.29, 0.717) is 19.4 Å². The fourth-order valence-corrected chi connectivity index (χ4v) is 3.14. The number of carbonyl (C=O) groups is 2. The van der Waals surface area contributed by atoms with E-state index in [1.807, 2.05) is 6.92 Å². The molecule has 1 aliphatic heterocycles. The highest BCUT2D eigenvalue weighted by atomic mass is 16.6. The number of piperidine rings is 1. The number of hydrogen-bond acceptors (Lipinski definition) is 3. The predicted octanol–water partition coefficient (Wildman–Crippen LogP) is 2.25. The number of carbonyl (C=O) groups excluding carboxylic acids is 1. The maximum absolute atomic E-state index is 12.1. The zero-order chi connectivity index (χ0) is 13.8. The number of nitrogens with zero attached hydrogens (tertiary/aromatic N) is 1. The first kappa shape index (κ1) is 13.2. The Morgan fingerprint density at radius 2 is 1.89 bits per heavy atom. The van der Waals surface area contributed by atoms with Crippen molar-refractivity contribution in [2.75, 3.05) is 6.54 Å². The molecule has 2 unspecified atom stereocenters. The van der Waals surface area contributed by atoms with Crippen LogP contribution >= 0.6 is 0 Å². The first-order chi connectivity index (χ1) is 8.08. The van der Waals surface area contributed by atoms with E-state index in [1.165, 1.54) is 4.90 Å². The van der Waals surface area contributed by atoms with Crippen LogP contribution in [0, 0.1) is 5.41 Å². The van der Waals surface area contributed by atoms with Gasteiger partial charge in [0.15, 0.2) is 0 Å². The molecule has 1 aliphatic carbocycles. The zero-order valence-electron chi connectivity index (χ0n) is 11.4. The van der Waals surface area contributed by atoms with Crippen molar-refractivity contribution in [2.24, 2.45) is 5.41 Å². The van der Waals surface area contributed by atoms with Crippen molar-refractivity contribution < 1.29 is 19.4 Å². The van der Waals surface area contributed by atoms with Gasteiger partial charge in [0.1, 0.15) is 11.1 Å². The molecule has 2 bridgehead atoms. The van der Waals surface area contributed by atoms with Gasteiger partial charge in [0.05, 0.1) is 0 Å². The molecule has 102 valence electrons. The van der Waals surface area contributed by atoms with E-state index < -0.39 is 23.2 Å². The van der Waals surface area contributed by atoms with Crippen molar-refractivity contribution in [3.8, 4) is 0 Å². The summed E-state index contributed by atoms with van der Waals surface area (Å²) in [4.78, 5) is 25.1. The maximum atomic E-state index is 12.1. The Kier molecular flexibility index (Phi) is 2.65. The Morgan fingerprint density at radius 1 is 1.28 bits per heavy atom. The maximum Gasteiger partial charge on any atom is 0.411 e. The van der Waals surface area contributed by atoms with Crippen LogP contribution in [-0.2, 0) is 9.53 Å². The molecule has 1 N–H and O–H groups in total. The Hall–Kier alpha value is -1.26. The van der Waals surface area contributed by atoms with Gasteiger partial charge < -0.3 is 9.84 Å². The predicted molar refractivity (Wildman–Crippen MR) is 65.3 cm³/mol. The zero-order valence-corrected chi connectivity index (χ0v) is 11.4. The lowest BCUT2D eigenvalue weighted by molar-refractivity contribution is -0.149. The molecule has 5 nitrogen and oxygen atoms in total. The average molecular weight is 255 g/mol.